The Balaban J connectivity index is 1.49. The second-order valence-corrected chi connectivity index (χ2v) is 8.88. The third-order valence-corrected chi connectivity index (χ3v) is 6.64. The van der Waals surface area contributed by atoms with E-state index in [1.807, 2.05) is 19.2 Å². The van der Waals surface area contributed by atoms with Gasteiger partial charge in [0.2, 0.25) is 0 Å². The first-order valence-electron chi connectivity index (χ1n) is 11.3. The first-order chi connectivity index (χ1) is 15.4. The van der Waals surface area contributed by atoms with Crippen LogP contribution in [0.3, 0.4) is 0 Å². The van der Waals surface area contributed by atoms with Gasteiger partial charge in [0, 0.05) is 37.5 Å². The average molecular weight is 440 g/mol. The van der Waals surface area contributed by atoms with Crippen molar-refractivity contribution in [3.05, 3.63) is 58.4 Å². The van der Waals surface area contributed by atoms with Crippen LogP contribution in [-0.4, -0.2) is 45.0 Å². The van der Waals surface area contributed by atoms with Gasteiger partial charge < -0.3 is 9.80 Å². The van der Waals surface area contributed by atoms with Crippen LogP contribution >= 0.6 is 0 Å². The number of nitrogens with zero attached hydrogens (tertiary/aromatic N) is 5. The molecule has 3 aromatic rings. The van der Waals surface area contributed by atoms with E-state index >= 15 is 0 Å². The lowest BCUT2D eigenvalue weighted by Gasteiger charge is -2.34. The molecule has 0 N–H and O–H groups in total. The van der Waals surface area contributed by atoms with Crippen molar-refractivity contribution < 1.29 is 13.6 Å². The number of fused-ring (bicyclic) bond motifs is 1. The fourth-order valence-corrected chi connectivity index (χ4v) is 4.88. The molecule has 0 aliphatic carbocycles. The Bertz CT molecular complexity index is 1180. The second kappa shape index (κ2) is 8.15. The highest BCUT2D eigenvalue weighted by Crippen LogP contribution is 2.33. The summed E-state index contributed by atoms with van der Waals surface area (Å²) in [5.41, 5.74) is 2.48. The van der Waals surface area contributed by atoms with E-state index in [-0.39, 0.29) is 17.2 Å². The van der Waals surface area contributed by atoms with Crippen LogP contribution in [0.15, 0.2) is 24.4 Å². The molecule has 4 heterocycles. The van der Waals surface area contributed by atoms with Crippen LogP contribution in [-0.2, 0) is 0 Å². The summed E-state index contributed by atoms with van der Waals surface area (Å²) >= 11 is 0. The molecule has 2 fully saturated rings. The van der Waals surface area contributed by atoms with Gasteiger partial charge in [0.1, 0.15) is 5.82 Å². The summed E-state index contributed by atoms with van der Waals surface area (Å²) in [6.07, 6.45) is 6.81. The molecule has 0 spiro atoms. The van der Waals surface area contributed by atoms with Gasteiger partial charge in [-0.2, -0.15) is 5.10 Å². The molecule has 2 aliphatic rings. The molecule has 0 unspecified atom stereocenters. The van der Waals surface area contributed by atoms with Crippen molar-refractivity contribution in [3.8, 4) is 0 Å². The molecule has 5 rings (SSSR count). The molecule has 0 radical (unpaired) electrons. The number of aryl methyl sites for hydroxylation is 2. The van der Waals surface area contributed by atoms with Crippen molar-refractivity contribution in [2.75, 3.05) is 24.5 Å². The van der Waals surface area contributed by atoms with Crippen molar-refractivity contribution in [1.82, 2.24) is 19.5 Å². The lowest BCUT2D eigenvalue weighted by Crippen LogP contribution is -2.39. The Kier molecular flexibility index (Phi) is 5.31. The Morgan fingerprint density at radius 1 is 1.00 bits per heavy atom. The number of aromatic nitrogens is 3. The zero-order valence-electron chi connectivity index (χ0n) is 18.4. The summed E-state index contributed by atoms with van der Waals surface area (Å²) in [7, 11) is 0. The molecule has 32 heavy (non-hydrogen) atoms. The minimum atomic E-state index is -1.08. The van der Waals surface area contributed by atoms with E-state index < -0.39 is 17.5 Å². The maximum absolute atomic E-state index is 14.5. The molecular formula is C24H27F2N5O. The Labute approximate surface area is 185 Å². The van der Waals surface area contributed by atoms with Gasteiger partial charge >= 0.3 is 0 Å². The van der Waals surface area contributed by atoms with Crippen LogP contribution in [0.4, 0.5) is 14.6 Å². The number of halogens is 2. The normalized spacial score (nSPS) is 19.2. The number of likely N-dealkylation sites (tertiary alicyclic amines) is 1. The average Bonchev–Trinajstić information content (AvgIpc) is 3.46. The third-order valence-electron chi connectivity index (χ3n) is 6.64. The molecule has 1 aromatic carbocycles. The molecule has 2 saturated heterocycles. The molecule has 1 atom stereocenters. The Morgan fingerprint density at radius 3 is 2.53 bits per heavy atom. The summed E-state index contributed by atoms with van der Waals surface area (Å²) in [6.45, 7) is 6.02. The van der Waals surface area contributed by atoms with Gasteiger partial charge in [-0.25, -0.2) is 18.3 Å². The second-order valence-electron chi connectivity index (χ2n) is 8.88. The molecule has 2 aromatic heterocycles. The largest absolute Gasteiger partial charge is 0.356 e. The Hall–Kier alpha value is -3.03. The highest BCUT2D eigenvalue weighted by Gasteiger charge is 2.33. The molecule has 6 nitrogen and oxygen atoms in total. The molecule has 8 heteroatoms. The minimum Gasteiger partial charge on any atom is -0.356 e. The zero-order valence-corrected chi connectivity index (χ0v) is 18.4. The van der Waals surface area contributed by atoms with E-state index in [0.717, 1.165) is 55.1 Å². The van der Waals surface area contributed by atoms with Gasteiger partial charge in [-0.05, 0) is 57.6 Å². The van der Waals surface area contributed by atoms with Crippen LogP contribution < -0.4 is 4.90 Å². The van der Waals surface area contributed by atoms with Gasteiger partial charge in [-0.15, -0.1) is 0 Å². The van der Waals surface area contributed by atoms with Crippen molar-refractivity contribution in [1.29, 1.82) is 0 Å². The van der Waals surface area contributed by atoms with Gasteiger partial charge in [0.25, 0.3) is 5.91 Å². The standard InChI is InChI=1S/C24H27F2N5O/c1-15-8-9-17(22(26)21(15)25)24(32)30-12-4-3-7-19(30)18-13-20-27-23(29-10-5-6-11-29)16(2)14-31(20)28-18/h8-9,13-14,19H,3-7,10-12H2,1-2H3/t19-/m0/s1. The van der Waals surface area contributed by atoms with Crippen molar-refractivity contribution in [2.24, 2.45) is 0 Å². The van der Waals surface area contributed by atoms with Crippen molar-refractivity contribution in [3.63, 3.8) is 0 Å². The number of hydrogen-bond donors (Lipinski definition) is 0. The van der Waals surface area contributed by atoms with E-state index in [1.54, 1.807) is 9.42 Å². The number of anilines is 1. The maximum Gasteiger partial charge on any atom is 0.257 e. The van der Waals surface area contributed by atoms with Crippen molar-refractivity contribution in [2.45, 2.75) is 52.0 Å². The van der Waals surface area contributed by atoms with Crippen LogP contribution in [0.25, 0.3) is 5.65 Å². The highest BCUT2D eigenvalue weighted by molar-refractivity contribution is 5.95. The maximum atomic E-state index is 14.5. The minimum absolute atomic E-state index is 0.185. The smallest absolute Gasteiger partial charge is 0.257 e. The highest BCUT2D eigenvalue weighted by atomic mass is 19.2. The van der Waals surface area contributed by atoms with E-state index in [1.165, 1.54) is 31.9 Å². The van der Waals surface area contributed by atoms with Crippen LogP contribution in [0, 0.1) is 25.5 Å². The van der Waals surface area contributed by atoms with Gasteiger partial charge in [-0.3, -0.25) is 4.79 Å². The number of rotatable bonds is 3. The summed E-state index contributed by atoms with van der Waals surface area (Å²) in [4.78, 5) is 22.0. The van der Waals surface area contributed by atoms with Gasteiger partial charge in [0.05, 0.1) is 17.3 Å². The predicted molar refractivity (Wildman–Crippen MR) is 118 cm³/mol. The molecule has 0 bridgehead atoms. The molecule has 2 aliphatic heterocycles. The zero-order chi connectivity index (χ0) is 22.4. The summed E-state index contributed by atoms with van der Waals surface area (Å²) < 4.78 is 30.4. The number of hydrogen-bond acceptors (Lipinski definition) is 4. The van der Waals surface area contributed by atoms with Gasteiger partial charge in [0.15, 0.2) is 17.3 Å². The first kappa shape index (κ1) is 20.8. The molecule has 0 saturated carbocycles. The number of piperidine rings is 1. The van der Waals surface area contributed by atoms with E-state index in [2.05, 4.69) is 4.90 Å². The van der Waals surface area contributed by atoms with Gasteiger partial charge in [-0.1, -0.05) is 6.07 Å². The quantitative estimate of drug-likeness (QED) is 0.599. The SMILES string of the molecule is Cc1cn2nc([C@@H]3CCCCN3C(=O)c3ccc(C)c(F)c3F)cc2nc1N1CCCC1. The third kappa shape index (κ3) is 3.51. The number of benzene rings is 1. The van der Waals surface area contributed by atoms with Crippen molar-refractivity contribution >= 4 is 17.4 Å². The predicted octanol–water partition coefficient (Wildman–Crippen LogP) is 4.59. The summed E-state index contributed by atoms with van der Waals surface area (Å²) in [5.74, 6) is -1.56. The Morgan fingerprint density at radius 2 is 1.75 bits per heavy atom. The number of carbonyl (C=O) groups excluding carboxylic acids is 1. The van der Waals surface area contributed by atoms with E-state index in [9.17, 15) is 13.6 Å². The lowest BCUT2D eigenvalue weighted by atomic mass is 9.98. The summed E-state index contributed by atoms with van der Waals surface area (Å²) in [6, 6.07) is 4.44. The van der Waals surface area contributed by atoms with E-state index in [4.69, 9.17) is 10.1 Å². The topological polar surface area (TPSA) is 53.7 Å². The van der Waals surface area contributed by atoms with E-state index in [0.29, 0.717) is 6.54 Å². The molecular weight excluding hydrogens is 412 g/mol. The first-order valence-corrected chi connectivity index (χ1v) is 11.3. The molecule has 168 valence electrons. The lowest BCUT2D eigenvalue weighted by molar-refractivity contribution is 0.0599. The van der Waals surface area contributed by atoms with Crippen LogP contribution in [0.5, 0.6) is 0 Å². The molecule has 1 amide bonds. The summed E-state index contributed by atoms with van der Waals surface area (Å²) in [5, 5.41) is 4.72. The van der Waals surface area contributed by atoms with Crippen LogP contribution in [0.2, 0.25) is 0 Å². The fourth-order valence-electron chi connectivity index (χ4n) is 4.88. The number of amides is 1. The monoisotopic (exact) mass is 439 g/mol. The fraction of sp³-hybridized carbons (Fsp3) is 0.458. The van der Waals surface area contributed by atoms with Crippen LogP contribution in [0.1, 0.15) is 65.3 Å². The number of carbonyl (C=O) groups is 1.